The van der Waals surface area contributed by atoms with Gasteiger partial charge in [-0.3, -0.25) is 5.32 Å². The van der Waals surface area contributed by atoms with Crippen molar-refractivity contribution in [3.8, 4) is 0 Å². The summed E-state index contributed by atoms with van der Waals surface area (Å²) in [5.41, 5.74) is -0.373. The number of imidazole rings is 1. The van der Waals surface area contributed by atoms with Gasteiger partial charge in [-0.15, -0.1) is 0 Å². The molecular weight excluding hydrogens is 603 g/mol. The third-order valence-corrected chi connectivity index (χ3v) is 8.77. The van der Waals surface area contributed by atoms with E-state index >= 15 is 0 Å². The number of carbonyl (C=O) groups is 2. The smallest absolute Gasteiger partial charge is 0.420 e. The molecule has 2 N–H and O–H groups in total. The van der Waals surface area contributed by atoms with Crippen LogP contribution in [0.4, 0.5) is 31.5 Å². The van der Waals surface area contributed by atoms with Gasteiger partial charge >= 0.3 is 18.3 Å². The van der Waals surface area contributed by atoms with Crippen molar-refractivity contribution >= 4 is 18.3 Å². The van der Waals surface area contributed by atoms with Gasteiger partial charge in [0.1, 0.15) is 17.2 Å². The summed E-state index contributed by atoms with van der Waals surface area (Å²) in [5.74, 6) is -2.24. The summed E-state index contributed by atoms with van der Waals surface area (Å²) in [6.45, 7) is 4.00. The van der Waals surface area contributed by atoms with Crippen molar-refractivity contribution in [3.63, 3.8) is 0 Å². The first kappa shape index (κ1) is 32.4. The maximum atomic E-state index is 14.9. The molecule has 1 spiro atoms. The predicted octanol–water partition coefficient (Wildman–Crippen LogP) is 6.03. The van der Waals surface area contributed by atoms with Gasteiger partial charge in [-0.25, -0.2) is 28.3 Å². The number of ether oxygens (including phenoxy) is 2. The fourth-order valence-electron chi connectivity index (χ4n) is 6.64. The number of fused-ring (bicyclic) bond motifs is 1. The Kier molecular flexibility index (Phi) is 9.19. The number of nitrogens with one attached hydrogen (secondary N) is 2. The van der Waals surface area contributed by atoms with E-state index in [4.69, 9.17) is 9.47 Å². The summed E-state index contributed by atoms with van der Waals surface area (Å²) in [6, 6.07) is 2.42. The zero-order chi connectivity index (χ0) is 32.5. The lowest BCUT2D eigenvalue weighted by Gasteiger charge is -2.44. The van der Waals surface area contributed by atoms with Crippen molar-refractivity contribution in [1.82, 2.24) is 25.1 Å². The zero-order valence-electron chi connectivity index (χ0n) is 25.1. The summed E-state index contributed by atoms with van der Waals surface area (Å²) < 4.78 is 82.7. The molecule has 1 aromatic heterocycles. The quantitative estimate of drug-likeness (QED) is 0.297. The van der Waals surface area contributed by atoms with Crippen LogP contribution in [0.25, 0.3) is 0 Å². The number of carbonyl (C=O) groups excluding carboxylic acids is 2. The molecule has 0 aliphatic carbocycles. The van der Waals surface area contributed by atoms with Crippen LogP contribution in [0, 0.1) is 11.6 Å². The molecule has 15 heteroatoms. The average molecular weight is 639 g/mol. The van der Waals surface area contributed by atoms with Crippen LogP contribution in [0.1, 0.15) is 81.1 Å². The van der Waals surface area contributed by atoms with Gasteiger partial charge in [0.05, 0.1) is 17.9 Å². The molecular formula is C30H35F5N6O4. The Morgan fingerprint density at radius 1 is 1.29 bits per heavy atom. The third kappa shape index (κ3) is 6.26. The largest absolute Gasteiger partial charge is 0.438 e. The summed E-state index contributed by atoms with van der Waals surface area (Å²) >= 11 is 0. The Morgan fingerprint density at radius 3 is 2.67 bits per heavy atom. The third-order valence-electron chi connectivity index (χ3n) is 8.77. The van der Waals surface area contributed by atoms with Crippen molar-refractivity contribution in [3.05, 3.63) is 64.5 Å². The summed E-state index contributed by atoms with van der Waals surface area (Å²) in [5, 5.41) is 5.54. The number of benzene rings is 1. The number of methoxy groups -OCH3 is 1. The van der Waals surface area contributed by atoms with Crippen LogP contribution in [0.15, 0.2) is 40.8 Å². The number of nitrogens with zero attached hydrogens (tertiary/aromatic N) is 4. The summed E-state index contributed by atoms with van der Waals surface area (Å²) in [4.78, 5) is 36.0. The fourth-order valence-corrected chi connectivity index (χ4v) is 6.64. The normalized spacial score (nSPS) is 22.6. The number of piperidine rings is 1. The van der Waals surface area contributed by atoms with Gasteiger partial charge in [-0.2, -0.15) is 13.2 Å². The average Bonchev–Trinajstić information content (AvgIpc) is 3.29. The highest BCUT2D eigenvalue weighted by atomic mass is 19.4. The van der Waals surface area contributed by atoms with Crippen LogP contribution in [-0.4, -0.2) is 64.8 Å². The van der Waals surface area contributed by atoms with E-state index in [0.29, 0.717) is 25.1 Å². The highest BCUT2D eigenvalue weighted by Crippen LogP contribution is 2.42. The molecule has 3 atom stereocenters. The van der Waals surface area contributed by atoms with Crippen LogP contribution in [0.2, 0.25) is 0 Å². The van der Waals surface area contributed by atoms with Crippen molar-refractivity contribution < 1.29 is 41.0 Å². The zero-order valence-corrected chi connectivity index (χ0v) is 25.1. The van der Waals surface area contributed by atoms with E-state index in [1.165, 1.54) is 16.7 Å². The lowest BCUT2D eigenvalue weighted by molar-refractivity contribution is -0.218. The molecule has 0 radical (unpaired) electrons. The number of alkyl halides is 3. The molecule has 1 aromatic carbocycles. The van der Waals surface area contributed by atoms with E-state index in [9.17, 15) is 31.5 Å². The Balaban J connectivity index is 1.40. The number of alkyl carbamates (subject to hydrolysis) is 1. The second-order valence-corrected chi connectivity index (χ2v) is 11.3. The predicted molar refractivity (Wildman–Crippen MR) is 152 cm³/mol. The monoisotopic (exact) mass is 638 g/mol. The summed E-state index contributed by atoms with van der Waals surface area (Å²) in [6.07, 6.45) is -3.44. The van der Waals surface area contributed by atoms with Crippen LogP contribution >= 0.6 is 0 Å². The molecule has 45 heavy (non-hydrogen) atoms. The highest BCUT2D eigenvalue weighted by molar-refractivity contribution is 5.76. The second kappa shape index (κ2) is 12.8. The summed E-state index contributed by atoms with van der Waals surface area (Å²) in [7, 11) is 0.928. The SMILES string of the molecule is CC=NC1=C(CC)C2(CCN(C(=O)N[C@@H]3CC[C@@H](c4cccc(F)c4F)Cn4c(C(OC)C(F)(F)F)cnc43)CC2)OC(=O)N1. The number of halogens is 5. The molecule has 2 aromatic rings. The fraction of sp³-hybridized carbons (Fsp3) is 0.533. The molecule has 1 saturated heterocycles. The number of rotatable bonds is 6. The molecule has 3 aliphatic heterocycles. The van der Waals surface area contributed by atoms with Gasteiger partial charge < -0.3 is 24.3 Å². The van der Waals surface area contributed by atoms with Crippen molar-refractivity contribution in [2.24, 2.45) is 4.99 Å². The molecule has 244 valence electrons. The van der Waals surface area contributed by atoms with Gasteiger partial charge in [-0.1, -0.05) is 19.1 Å². The lowest BCUT2D eigenvalue weighted by Crippen LogP contribution is -2.55. The Morgan fingerprint density at radius 2 is 2.02 bits per heavy atom. The first-order chi connectivity index (χ1) is 21.4. The number of urea groups is 1. The number of aliphatic imine (C=N–C) groups is 1. The Labute approximate surface area is 256 Å². The molecule has 10 nitrogen and oxygen atoms in total. The molecule has 4 heterocycles. The van der Waals surface area contributed by atoms with Gasteiger partial charge in [-0.05, 0) is 37.8 Å². The number of hydrogen-bond acceptors (Lipinski definition) is 6. The maximum absolute atomic E-state index is 14.9. The lowest BCUT2D eigenvalue weighted by atomic mass is 9.81. The van der Waals surface area contributed by atoms with Gasteiger partial charge in [0.2, 0.25) is 0 Å². The minimum atomic E-state index is -4.77. The van der Waals surface area contributed by atoms with Crippen LogP contribution < -0.4 is 10.6 Å². The van der Waals surface area contributed by atoms with E-state index in [1.54, 1.807) is 18.0 Å². The van der Waals surface area contributed by atoms with Crippen LogP contribution in [-0.2, 0) is 16.0 Å². The van der Waals surface area contributed by atoms with Crippen molar-refractivity contribution in [1.29, 1.82) is 0 Å². The van der Waals surface area contributed by atoms with Crippen LogP contribution in [0.3, 0.4) is 0 Å². The van der Waals surface area contributed by atoms with Gasteiger partial charge in [0, 0.05) is 57.3 Å². The van der Waals surface area contributed by atoms with Crippen LogP contribution in [0.5, 0.6) is 0 Å². The number of likely N-dealkylation sites (tertiary alicyclic amines) is 1. The highest BCUT2D eigenvalue weighted by Gasteiger charge is 2.47. The first-order valence-corrected chi connectivity index (χ1v) is 14.8. The van der Waals surface area contributed by atoms with E-state index in [0.717, 1.165) is 24.9 Å². The van der Waals surface area contributed by atoms with E-state index in [2.05, 4.69) is 20.6 Å². The van der Waals surface area contributed by atoms with E-state index in [1.807, 2.05) is 6.92 Å². The number of amides is 3. The maximum Gasteiger partial charge on any atom is 0.420 e. The molecule has 1 unspecified atom stereocenters. The molecule has 3 aliphatic rings. The molecule has 1 fully saturated rings. The number of aromatic nitrogens is 2. The van der Waals surface area contributed by atoms with Gasteiger partial charge in [0.25, 0.3) is 0 Å². The first-order valence-electron chi connectivity index (χ1n) is 14.8. The Hall–Kier alpha value is -4.01. The molecule has 5 rings (SSSR count). The second-order valence-electron chi connectivity index (χ2n) is 11.3. The van der Waals surface area contributed by atoms with E-state index in [-0.39, 0.29) is 49.6 Å². The van der Waals surface area contributed by atoms with Crippen molar-refractivity contribution in [2.75, 3.05) is 20.2 Å². The molecule has 0 bridgehead atoms. The standard InChI is InChI=1S/C30H35F5N6O4/c1-4-19-25(36-5-2)39-28(43)45-29(19)11-13-40(14-12-29)27(42)38-21-10-9-17(18-7-6-8-20(31)23(18)32)16-41-22(15-37-26(21)41)24(44-3)30(33,34)35/h5-8,15,17,21,24H,4,9-14,16H2,1-3H3,(H,38,42)(H,39,43)/t17-,21-,24?/m1/s1. The number of hydrogen-bond donors (Lipinski definition) is 2. The topological polar surface area (TPSA) is 110 Å². The van der Waals surface area contributed by atoms with E-state index < -0.39 is 53.6 Å². The molecule has 0 saturated carbocycles. The minimum absolute atomic E-state index is 0.0259. The van der Waals surface area contributed by atoms with Crippen molar-refractivity contribution in [2.45, 2.75) is 82.3 Å². The molecule has 3 amide bonds. The van der Waals surface area contributed by atoms with Gasteiger partial charge in [0.15, 0.2) is 17.7 Å². The minimum Gasteiger partial charge on any atom is -0.438 e. The Bertz CT molecular complexity index is 1500.